The Morgan fingerprint density at radius 1 is 0.900 bits per heavy atom. The number of hydrogen-bond donors (Lipinski definition) is 3. The zero-order chi connectivity index (χ0) is 20.5. The molecule has 7 nitrogen and oxygen atoms in total. The average Bonchev–Trinajstić information content (AvgIpc) is 3.26. The number of halogens is 1. The fourth-order valence-electron chi connectivity index (χ4n) is 3.26. The van der Waals surface area contributed by atoms with E-state index in [0.717, 1.165) is 27.7 Å². The Morgan fingerprint density at radius 2 is 1.73 bits per heavy atom. The molecule has 0 aliphatic carbocycles. The van der Waals surface area contributed by atoms with Gasteiger partial charge in [-0.1, -0.05) is 41.9 Å². The van der Waals surface area contributed by atoms with Gasteiger partial charge in [-0.05, 0) is 24.3 Å². The van der Waals surface area contributed by atoms with Gasteiger partial charge >= 0.3 is 0 Å². The van der Waals surface area contributed by atoms with Crippen LogP contribution in [0, 0.1) is 0 Å². The minimum Gasteiger partial charge on any atom is -0.381 e. The molecule has 3 aromatic heterocycles. The van der Waals surface area contributed by atoms with Crippen LogP contribution in [-0.4, -0.2) is 25.1 Å². The lowest BCUT2D eigenvalue weighted by Gasteiger charge is -2.14. The third-order valence-electron chi connectivity index (χ3n) is 4.67. The largest absolute Gasteiger partial charge is 0.381 e. The summed E-state index contributed by atoms with van der Waals surface area (Å²) in [7, 11) is 0. The maximum absolute atomic E-state index is 6.48. The summed E-state index contributed by atoms with van der Waals surface area (Å²) in [5.74, 6) is 0.734. The number of nitrogens with two attached hydrogens (primary N) is 1. The quantitative estimate of drug-likeness (QED) is 0.380. The van der Waals surface area contributed by atoms with Crippen LogP contribution in [0.3, 0.4) is 0 Å². The van der Waals surface area contributed by atoms with Gasteiger partial charge in [0, 0.05) is 22.7 Å². The topological polar surface area (TPSA) is 105 Å². The number of nitrogen functional groups attached to an aromatic ring is 1. The Kier molecular flexibility index (Phi) is 4.49. The van der Waals surface area contributed by atoms with Crippen LogP contribution in [0.15, 0.2) is 73.2 Å². The average molecular weight is 414 g/mol. The molecule has 0 fully saturated rings. The van der Waals surface area contributed by atoms with Crippen LogP contribution >= 0.6 is 11.6 Å². The van der Waals surface area contributed by atoms with Gasteiger partial charge < -0.3 is 11.1 Å². The van der Waals surface area contributed by atoms with Gasteiger partial charge in [0.2, 0.25) is 0 Å². The molecule has 0 radical (unpaired) electrons. The number of rotatable bonds is 4. The van der Waals surface area contributed by atoms with Crippen molar-refractivity contribution in [1.29, 1.82) is 0 Å². The molecule has 2 aromatic carbocycles. The highest BCUT2D eigenvalue weighted by Crippen LogP contribution is 2.36. The first-order valence-corrected chi connectivity index (χ1v) is 9.60. The van der Waals surface area contributed by atoms with Crippen LogP contribution < -0.4 is 11.1 Å². The summed E-state index contributed by atoms with van der Waals surface area (Å²) in [6, 6.07) is 17.3. The van der Waals surface area contributed by atoms with Gasteiger partial charge in [-0.3, -0.25) is 10.1 Å². The lowest BCUT2D eigenvalue weighted by Crippen LogP contribution is -2.05. The van der Waals surface area contributed by atoms with E-state index >= 15 is 0 Å². The molecule has 5 rings (SSSR count). The number of anilines is 3. The first-order chi connectivity index (χ1) is 14.7. The number of aromatic nitrogens is 5. The van der Waals surface area contributed by atoms with E-state index < -0.39 is 0 Å². The summed E-state index contributed by atoms with van der Waals surface area (Å²) in [6.07, 6.45) is 5.12. The van der Waals surface area contributed by atoms with Crippen molar-refractivity contribution in [3.63, 3.8) is 0 Å². The summed E-state index contributed by atoms with van der Waals surface area (Å²) in [5.41, 5.74) is 10.8. The van der Waals surface area contributed by atoms with Gasteiger partial charge in [0.25, 0.3) is 0 Å². The van der Waals surface area contributed by atoms with E-state index in [1.807, 2.05) is 54.6 Å². The number of aromatic amines is 1. The van der Waals surface area contributed by atoms with Crippen molar-refractivity contribution in [3.05, 3.63) is 78.2 Å². The lowest BCUT2D eigenvalue weighted by atomic mass is 10.0. The minimum absolute atomic E-state index is 0.289. The normalized spacial score (nSPS) is 11.0. The highest BCUT2D eigenvalue weighted by atomic mass is 35.5. The molecule has 5 aromatic rings. The highest BCUT2D eigenvalue weighted by Gasteiger charge is 2.17. The van der Waals surface area contributed by atoms with E-state index in [4.69, 9.17) is 22.3 Å². The Bertz CT molecular complexity index is 1330. The molecule has 4 N–H and O–H groups in total. The fraction of sp³-hybridized carbons (Fsp3) is 0. The van der Waals surface area contributed by atoms with Crippen molar-refractivity contribution in [1.82, 2.24) is 25.1 Å². The second-order valence-corrected chi connectivity index (χ2v) is 7.09. The van der Waals surface area contributed by atoms with Gasteiger partial charge in [-0.25, -0.2) is 9.97 Å². The number of hydrogen-bond acceptors (Lipinski definition) is 6. The number of nitrogens with zero attached hydrogens (tertiary/aromatic N) is 4. The van der Waals surface area contributed by atoms with Crippen LogP contribution in [0.5, 0.6) is 0 Å². The van der Waals surface area contributed by atoms with Crippen LogP contribution in [0.2, 0.25) is 5.02 Å². The van der Waals surface area contributed by atoms with E-state index in [2.05, 4.69) is 25.5 Å². The van der Waals surface area contributed by atoms with Crippen molar-refractivity contribution in [2.75, 3.05) is 11.1 Å². The van der Waals surface area contributed by atoms with Crippen molar-refractivity contribution in [3.8, 4) is 22.5 Å². The summed E-state index contributed by atoms with van der Waals surface area (Å²) in [6.45, 7) is 0. The molecule has 0 amide bonds. The Morgan fingerprint density at radius 3 is 2.53 bits per heavy atom. The first kappa shape index (κ1) is 18.1. The summed E-state index contributed by atoms with van der Waals surface area (Å²) < 4.78 is 0. The third kappa shape index (κ3) is 3.31. The molecule has 0 unspecified atom stereocenters. The zero-order valence-electron chi connectivity index (χ0n) is 15.7. The zero-order valence-corrected chi connectivity index (χ0v) is 16.4. The lowest BCUT2D eigenvalue weighted by molar-refractivity contribution is 1.12. The second-order valence-electron chi connectivity index (χ2n) is 6.68. The predicted molar refractivity (Wildman–Crippen MR) is 119 cm³/mol. The van der Waals surface area contributed by atoms with E-state index in [0.29, 0.717) is 22.2 Å². The molecule has 0 aliphatic rings. The monoisotopic (exact) mass is 413 g/mol. The maximum Gasteiger partial charge on any atom is 0.174 e. The van der Waals surface area contributed by atoms with Crippen molar-refractivity contribution in [2.24, 2.45) is 0 Å². The molecular formula is C22H16ClN7. The van der Waals surface area contributed by atoms with Gasteiger partial charge in [0.05, 0.1) is 40.0 Å². The molecule has 0 saturated carbocycles. The van der Waals surface area contributed by atoms with Crippen LogP contribution in [0.25, 0.3) is 33.4 Å². The number of benzene rings is 2. The highest BCUT2D eigenvalue weighted by molar-refractivity contribution is 6.35. The second kappa shape index (κ2) is 7.46. The van der Waals surface area contributed by atoms with E-state index in [9.17, 15) is 0 Å². The molecule has 8 heteroatoms. The number of fused-ring (bicyclic) bond motifs is 1. The SMILES string of the molecule is Nc1nc(-c2ccccc2)c(-c2cc(Cl)c3[nH]ncc3c2)nc1Nc1cccnc1. The predicted octanol–water partition coefficient (Wildman–Crippen LogP) is 5.06. The number of H-pyrrole nitrogens is 1. The Labute approximate surface area is 177 Å². The van der Waals surface area contributed by atoms with Gasteiger partial charge in [-0.2, -0.15) is 5.10 Å². The molecule has 0 spiro atoms. The third-order valence-corrected chi connectivity index (χ3v) is 4.97. The summed E-state index contributed by atoms with van der Waals surface area (Å²) >= 11 is 6.48. The fourth-order valence-corrected chi connectivity index (χ4v) is 3.53. The van der Waals surface area contributed by atoms with Gasteiger partial charge in [-0.15, -0.1) is 0 Å². The van der Waals surface area contributed by atoms with Crippen LogP contribution in [0.1, 0.15) is 0 Å². The van der Waals surface area contributed by atoms with E-state index in [-0.39, 0.29) is 5.82 Å². The molecule has 0 atom stereocenters. The molecule has 0 bridgehead atoms. The first-order valence-electron chi connectivity index (χ1n) is 9.22. The minimum atomic E-state index is 0.289. The Balaban J connectivity index is 1.72. The smallest absolute Gasteiger partial charge is 0.174 e. The maximum atomic E-state index is 6.48. The van der Waals surface area contributed by atoms with Crippen LogP contribution in [0.4, 0.5) is 17.3 Å². The van der Waals surface area contributed by atoms with E-state index in [1.165, 1.54) is 0 Å². The molecule has 3 heterocycles. The number of nitrogens with one attached hydrogen (secondary N) is 2. The van der Waals surface area contributed by atoms with Crippen molar-refractivity contribution in [2.45, 2.75) is 0 Å². The van der Waals surface area contributed by atoms with Crippen molar-refractivity contribution >= 4 is 39.8 Å². The molecule has 146 valence electrons. The molecule has 0 saturated heterocycles. The van der Waals surface area contributed by atoms with Crippen LogP contribution in [-0.2, 0) is 0 Å². The standard InChI is InChI=1S/C22H16ClN7/c23-17-10-14(9-15-11-26-30-18(15)17)20-19(13-5-2-1-3-6-13)28-21(24)22(29-20)27-16-7-4-8-25-12-16/h1-12H,(H2,24,28)(H,26,30)(H,27,29). The van der Waals surface area contributed by atoms with Gasteiger partial charge in [0.1, 0.15) is 0 Å². The number of pyridine rings is 1. The van der Waals surface area contributed by atoms with E-state index in [1.54, 1.807) is 18.6 Å². The molecular weight excluding hydrogens is 398 g/mol. The summed E-state index contributed by atoms with van der Waals surface area (Å²) in [5, 5.41) is 11.6. The van der Waals surface area contributed by atoms with Crippen molar-refractivity contribution < 1.29 is 0 Å². The molecule has 30 heavy (non-hydrogen) atoms. The Hall–Kier alpha value is -3.97. The molecule has 0 aliphatic heterocycles. The van der Waals surface area contributed by atoms with Gasteiger partial charge in [0.15, 0.2) is 11.6 Å². The summed E-state index contributed by atoms with van der Waals surface area (Å²) in [4.78, 5) is 13.6.